The number of rotatable bonds is 4. The Bertz CT molecular complexity index is 1270. The van der Waals surface area contributed by atoms with E-state index in [0.29, 0.717) is 18.4 Å². The highest BCUT2D eigenvalue weighted by Crippen LogP contribution is 2.34. The maximum Gasteiger partial charge on any atom is 0.303 e. The Morgan fingerprint density at radius 2 is 1.91 bits per heavy atom. The van der Waals surface area contributed by atoms with Crippen LogP contribution in [0.3, 0.4) is 0 Å². The van der Waals surface area contributed by atoms with Crippen molar-refractivity contribution in [3.05, 3.63) is 80.2 Å². The number of carboxylic acids is 1. The number of anilines is 2. The Morgan fingerprint density at radius 1 is 1.12 bits per heavy atom. The minimum absolute atomic E-state index is 0.0935. The molecule has 33 heavy (non-hydrogen) atoms. The zero-order valence-corrected chi connectivity index (χ0v) is 20.0. The van der Waals surface area contributed by atoms with Crippen LogP contribution in [0.15, 0.2) is 48.7 Å². The number of aryl methyl sites for hydroxylation is 1. The molecule has 168 valence electrons. The SMILES string of the molecule is Cc1c(CCC(=O)O)c[nH]c1C=C1C(=O)Nc2ccc(I)cc21.O=C1Cc2ccccc2N1. The largest absolute Gasteiger partial charge is 0.481 e. The monoisotopic (exact) mass is 555 g/mol. The Morgan fingerprint density at radius 3 is 2.67 bits per heavy atom. The summed E-state index contributed by atoms with van der Waals surface area (Å²) in [6, 6.07) is 13.6. The van der Waals surface area contributed by atoms with Gasteiger partial charge in [0.1, 0.15) is 0 Å². The number of H-pyrrole nitrogens is 1. The maximum atomic E-state index is 12.2. The molecule has 3 heterocycles. The molecule has 2 aliphatic rings. The van der Waals surface area contributed by atoms with Gasteiger partial charge in [0, 0.05) is 38.8 Å². The van der Waals surface area contributed by atoms with Gasteiger partial charge in [-0.2, -0.15) is 0 Å². The van der Waals surface area contributed by atoms with Crippen molar-refractivity contribution in [2.75, 3.05) is 10.6 Å². The summed E-state index contributed by atoms with van der Waals surface area (Å²) < 4.78 is 1.06. The highest BCUT2D eigenvalue weighted by Gasteiger charge is 2.24. The third-order valence-electron chi connectivity index (χ3n) is 5.59. The fraction of sp³-hybridized carbons (Fsp3) is 0.160. The van der Waals surface area contributed by atoms with E-state index in [-0.39, 0.29) is 18.2 Å². The smallest absolute Gasteiger partial charge is 0.303 e. The third-order valence-corrected chi connectivity index (χ3v) is 6.26. The predicted molar refractivity (Wildman–Crippen MR) is 136 cm³/mol. The number of benzene rings is 2. The number of carboxylic acid groups (broad SMARTS) is 1. The average molecular weight is 555 g/mol. The summed E-state index contributed by atoms with van der Waals surface area (Å²) >= 11 is 2.22. The molecule has 8 heteroatoms. The lowest BCUT2D eigenvalue weighted by Crippen LogP contribution is -2.03. The molecule has 2 amide bonds. The van der Waals surface area contributed by atoms with E-state index in [0.717, 1.165) is 42.9 Å². The molecule has 0 saturated heterocycles. The van der Waals surface area contributed by atoms with Gasteiger partial charge in [-0.3, -0.25) is 14.4 Å². The van der Waals surface area contributed by atoms with E-state index in [1.807, 2.05) is 61.7 Å². The number of nitrogens with one attached hydrogen (secondary N) is 3. The zero-order chi connectivity index (χ0) is 23.5. The first-order valence-electron chi connectivity index (χ1n) is 10.4. The van der Waals surface area contributed by atoms with E-state index in [4.69, 9.17) is 5.11 Å². The van der Waals surface area contributed by atoms with E-state index in [1.165, 1.54) is 0 Å². The Kier molecular flexibility index (Phi) is 6.64. The average Bonchev–Trinajstić information content (AvgIpc) is 3.42. The zero-order valence-electron chi connectivity index (χ0n) is 17.9. The van der Waals surface area contributed by atoms with Crippen LogP contribution in [0.4, 0.5) is 11.4 Å². The summed E-state index contributed by atoms with van der Waals surface area (Å²) in [5, 5.41) is 14.4. The van der Waals surface area contributed by atoms with Crippen LogP contribution in [-0.4, -0.2) is 27.9 Å². The summed E-state index contributed by atoms with van der Waals surface area (Å²) in [4.78, 5) is 36.8. The van der Waals surface area contributed by atoms with Gasteiger partial charge in [0.25, 0.3) is 5.91 Å². The van der Waals surface area contributed by atoms with E-state index >= 15 is 0 Å². The first-order chi connectivity index (χ1) is 15.8. The molecule has 0 radical (unpaired) electrons. The van der Waals surface area contributed by atoms with Crippen LogP contribution in [-0.2, 0) is 27.2 Å². The number of hydrogen-bond donors (Lipinski definition) is 4. The number of hydrogen-bond acceptors (Lipinski definition) is 3. The molecule has 0 unspecified atom stereocenters. The molecule has 3 aromatic rings. The van der Waals surface area contributed by atoms with Crippen molar-refractivity contribution >= 4 is 63.4 Å². The molecule has 4 N–H and O–H groups in total. The highest BCUT2D eigenvalue weighted by molar-refractivity contribution is 14.1. The van der Waals surface area contributed by atoms with Crippen LogP contribution in [0.1, 0.15) is 34.4 Å². The van der Waals surface area contributed by atoms with Crippen molar-refractivity contribution in [2.45, 2.75) is 26.2 Å². The van der Waals surface area contributed by atoms with Gasteiger partial charge in [0.2, 0.25) is 5.91 Å². The molecule has 7 nitrogen and oxygen atoms in total. The number of amides is 2. The minimum atomic E-state index is -0.816. The minimum Gasteiger partial charge on any atom is -0.481 e. The van der Waals surface area contributed by atoms with Crippen LogP contribution < -0.4 is 10.6 Å². The van der Waals surface area contributed by atoms with Crippen LogP contribution in [0.2, 0.25) is 0 Å². The number of carbonyl (C=O) groups is 3. The van der Waals surface area contributed by atoms with E-state index in [9.17, 15) is 14.4 Å². The van der Waals surface area contributed by atoms with Crippen LogP contribution >= 0.6 is 22.6 Å². The van der Waals surface area contributed by atoms with Gasteiger partial charge in [-0.25, -0.2) is 0 Å². The van der Waals surface area contributed by atoms with Crippen molar-refractivity contribution in [1.29, 1.82) is 0 Å². The lowest BCUT2D eigenvalue weighted by atomic mass is 10.0. The van der Waals surface area contributed by atoms with Crippen molar-refractivity contribution < 1.29 is 19.5 Å². The van der Waals surface area contributed by atoms with Crippen LogP contribution in [0, 0.1) is 10.5 Å². The molecular weight excluding hydrogens is 533 g/mol. The number of carbonyl (C=O) groups excluding carboxylic acids is 2. The highest BCUT2D eigenvalue weighted by atomic mass is 127. The molecule has 0 spiro atoms. The van der Waals surface area contributed by atoms with Gasteiger partial charge in [-0.15, -0.1) is 0 Å². The summed E-state index contributed by atoms with van der Waals surface area (Å²) in [5.41, 5.74) is 7.17. The first-order valence-corrected chi connectivity index (χ1v) is 11.5. The lowest BCUT2D eigenvalue weighted by molar-refractivity contribution is -0.137. The molecule has 2 aliphatic heterocycles. The maximum absolute atomic E-state index is 12.2. The van der Waals surface area contributed by atoms with Gasteiger partial charge in [-0.05, 0) is 83.0 Å². The van der Waals surface area contributed by atoms with Gasteiger partial charge in [0.15, 0.2) is 0 Å². The van der Waals surface area contributed by atoms with Crippen molar-refractivity contribution in [3.8, 4) is 0 Å². The lowest BCUT2D eigenvalue weighted by Gasteiger charge is -2.01. The predicted octanol–water partition coefficient (Wildman–Crippen LogP) is 4.62. The van der Waals surface area contributed by atoms with Crippen LogP contribution in [0.25, 0.3) is 11.6 Å². The quantitative estimate of drug-likeness (QED) is 0.278. The fourth-order valence-corrected chi connectivity index (χ4v) is 4.31. The van der Waals surface area contributed by atoms with Gasteiger partial charge in [0.05, 0.1) is 12.0 Å². The van der Waals surface area contributed by atoms with Gasteiger partial charge in [-0.1, -0.05) is 18.2 Å². The van der Waals surface area contributed by atoms with Crippen LogP contribution in [0.5, 0.6) is 0 Å². The van der Waals surface area contributed by atoms with E-state index < -0.39 is 5.97 Å². The number of halogens is 1. The summed E-state index contributed by atoms with van der Waals surface area (Å²) in [7, 11) is 0. The molecule has 0 bridgehead atoms. The molecular formula is C25H22IN3O4. The Balaban J connectivity index is 0.000000214. The van der Waals surface area contributed by atoms with Gasteiger partial charge >= 0.3 is 5.97 Å². The van der Waals surface area contributed by atoms with Crippen molar-refractivity contribution in [2.24, 2.45) is 0 Å². The first kappa shape index (κ1) is 22.8. The molecule has 0 saturated carbocycles. The Labute approximate surface area is 204 Å². The number of aliphatic carboxylic acids is 1. The fourth-order valence-electron chi connectivity index (χ4n) is 3.82. The summed E-state index contributed by atoms with van der Waals surface area (Å²) in [6.45, 7) is 1.93. The number of fused-ring (bicyclic) bond motifs is 2. The Hall–Kier alpha value is -3.40. The number of aromatic nitrogens is 1. The molecule has 5 rings (SSSR count). The molecule has 1 aromatic heterocycles. The standard InChI is InChI=1S/C17H15IN2O3.C8H7NO/c1-9-10(2-5-16(21)22)8-19-15(9)7-13-12-6-11(18)3-4-14(12)20-17(13)23;10-8-5-6-3-1-2-4-7(6)9-8/h3-4,6-8,19H,2,5H2,1H3,(H,20,23)(H,21,22);1-4H,5H2,(H,9,10). The van der Waals surface area contributed by atoms with E-state index in [2.05, 4.69) is 38.2 Å². The van der Waals surface area contributed by atoms with Crippen molar-refractivity contribution in [1.82, 2.24) is 4.98 Å². The number of aromatic amines is 1. The molecule has 0 aliphatic carbocycles. The summed E-state index contributed by atoms with van der Waals surface area (Å²) in [5.74, 6) is -0.839. The normalized spacial score (nSPS) is 14.8. The second kappa shape index (κ2) is 9.62. The molecule has 2 aromatic carbocycles. The van der Waals surface area contributed by atoms with Gasteiger partial charge < -0.3 is 20.7 Å². The molecule has 0 atom stereocenters. The second-order valence-electron chi connectivity index (χ2n) is 7.83. The topological polar surface area (TPSA) is 111 Å². The van der Waals surface area contributed by atoms with Crippen molar-refractivity contribution in [3.63, 3.8) is 0 Å². The summed E-state index contributed by atoms with van der Waals surface area (Å²) in [6.07, 6.45) is 4.75. The second-order valence-corrected chi connectivity index (χ2v) is 9.08. The molecule has 0 fully saturated rings. The number of para-hydroxylation sites is 1. The third kappa shape index (κ3) is 5.16. The van der Waals surface area contributed by atoms with E-state index in [1.54, 1.807) is 0 Å².